The van der Waals surface area contributed by atoms with Crippen molar-refractivity contribution in [2.75, 3.05) is 40.5 Å². The average Bonchev–Trinajstić information content (AvgIpc) is 2.35. The van der Waals surface area contributed by atoms with Crippen LogP contribution in [0.15, 0.2) is 24.3 Å². The maximum atomic E-state index is 8.58. The van der Waals surface area contributed by atoms with Gasteiger partial charge < -0.3 is 14.6 Å². The zero-order valence-electron chi connectivity index (χ0n) is 10.6. The number of aliphatic hydroxyl groups is 1. The zero-order chi connectivity index (χ0) is 12.5. The van der Waals surface area contributed by atoms with E-state index in [2.05, 4.69) is 11.0 Å². The minimum absolute atomic E-state index is 0.0796. The van der Waals surface area contributed by atoms with Crippen molar-refractivity contribution in [3.63, 3.8) is 0 Å². The van der Waals surface area contributed by atoms with Crippen LogP contribution in [-0.2, 0) is 11.3 Å². The molecule has 96 valence electrons. The van der Waals surface area contributed by atoms with Crippen LogP contribution in [0.5, 0.6) is 5.75 Å². The van der Waals surface area contributed by atoms with E-state index in [9.17, 15) is 0 Å². The van der Waals surface area contributed by atoms with Gasteiger partial charge in [-0.15, -0.1) is 0 Å². The van der Waals surface area contributed by atoms with Crippen LogP contribution in [0.3, 0.4) is 0 Å². The number of likely N-dealkylation sites (N-methyl/N-ethyl adjacent to an activating group) is 1. The topological polar surface area (TPSA) is 41.9 Å². The van der Waals surface area contributed by atoms with Crippen LogP contribution >= 0.6 is 0 Å². The first-order valence-corrected chi connectivity index (χ1v) is 5.77. The molecule has 0 bridgehead atoms. The third-order valence-corrected chi connectivity index (χ3v) is 2.49. The summed E-state index contributed by atoms with van der Waals surface area (Å²) in [4.78, 5) is 2.16. The van der Waals surface area contributed by atoms with Crippen molar-refractivity contribution in [3.05, 3.63) is 29.8 Å². The first-order chi connectivity index (χ1) is 8.27. The largest absolute Gasteiger partial charge is 0.496 e. The summed E-state index contributed by atoms with van der Waals surface area (Å²) in [5.74, 6) is 0.913. The average molecular weight is 239 g/mol. The monoisotopic (exact) mass is 239 g/mol. The molecular weight excluding hydrogens is 218 g/mol. The molecular formula is C13H21NO3. The zero-order valence-corrected chi connectivity index (χ0v) is 10.6. The molecule has 1 aromatic carbocycles. The lowest BCUT2D eigenvalue weighted by molar-refractivity contribution is 0.0772. The molecule has 4 nitrogen and oxygen atoms in total. The van der Waals surface area contributed by atoms with E-state index in [1.54, 1.807) is 7.11 Å². The number of nitrogens with zero attached hydrogens (tertiary/aromatic N) is 1. The van der Waals surface area contributed by atoms with E-state index >= 15 is 0 Å². The van der Waals surface area contributed by atoms with Gasteiger partial charge in [0.05, 0.1) is 26.9 Å². The van der Waals surface area contributed by atoms with Crippen molar-refractivity contribution >= 4 is 0 Å². The molecule has 0 aliphatic carbocycles. The van der Waals surface area contributed by atoms with E-state index in [0.29, 0.717) is 13.2 Å². The van der Waals surface area contributed by atoms with Gasteiger partial charge in [0.2, 0.25) is 0 Å². The van der Waals surface area contributed by atoms with Gasteiger partial charge in [-0.1, -0.05) is 18.2 Å². The van der Waals surface area contributed by atoms with Gasteiger partial charge in [-0.25, -0.2) is 0 Å². The predicted molar refractivity (Wildman–Crippen MR) is 67.2 cm³/mol. The number of hydrogen-bond donors (Lipinski definition) is 1. The Labute approximate surface area is 103 Å². The van der Waals surface area contributed by atoms with Gasteiger partial charge in [-0.05, 0) is 13.1 Å². The van der Waals surface area contributed by atoms with Gasteiger partial charge in [0.1, 0.15) is 5.75 Å². The summed E-state index contributed by atoms with van der Waals surface area (Å²) in [6, 6.07) is 8.00. The van der Waals surface area contributed by atoms with Crippen LogP contribution in [0.1, 0.15) is 5.56 Å². The summed E-state index contributed by atoms with van der Waals surface area (Å²) in [7, 11) is 3.72. The third-order valence-electron chi connectivity index (χ3n) is 2.49. The van der Waals surface area contributed by atoms with Crippen molar-refractivity contribution in [3.8, 4) is 5.75 Å². The summed E-state index contributed by atoms with van der Waals surface area (Å²) in [5, 5.41) is 8.58. The van der Waals surface area contributed by atoms with Crippen molar-refractivity contribution in [1.29, 1.82) is 0 Å². The summed E-state index contributed by atoms with van der Waals surface area (Å²) < 4.78 is 10.5. The smallest absolute Gasteiger partial charge is 0.123 e. The quantitative estimate of drug-likeness (QED) is 0.691. The highest BCUT2D eigenvalue weighted by atomic mass is 16.5. The molecule has 0 amide bonds. The Kier molecular flexibility index (Phi) is 6.62. The molecule has 1 aromatic rings. The molecule has 1 rings (SSSR count). The predicted octanol–water partition coefficient (Wildman–Crippen LogP) is 1.14. The number of ether oxygens (including phenoxy) is 2. The number of benzene rings is 1. The number of para-hydroxylation sites is 1. The minimum Gasteiger partial charge on any atom is -0.496 e. The summed E-state index contributed by atoms with van der Waals surface area (Å²) in [5.41, 5.74) is 1.17. The first kappa shape index (κ1) is 14.0. The van der Waals surface area contributed by atoms with E-state index in [0.717, 1.165) is 18.8 Å². The summed E-state index contributed by atoms with van der Waals surface area (Å²) in [6.07, 6.45) is 0. The van der Waals surface area contributed by atoms with Gasteiger partial charge >= 0.3 is 0 Å². The van der Waals surface area contributed by atoms with E-state index in [1.165, 1.54) is 5.56 Å². The second-order valence-corrected chi connectivity index (χ2v) is 3.89. The summed E-state index contributed by atoms with van der Waals surface area (Å²) in [6.45, 7) is 2.77. The Morgan fingerprint density at radius 1 is 1.24 bits per heavy atom. The van der Waals surface area contributed by atoms with Crippen molar-refractivity contribution in [1.82, 2.24) is 4.90 Å². The number of rotatable bonds is 8. The third kappa shape index (κ3) is 5.17. The fraction of sp³-hybridized carbons (Fsp3) is 0.538. The van der Waals surface area contributed by atoms with Gasteiger partial charge in [0.15, 0.2) is 0 Å². The number of aliphatic hydroxyl groups excluding tert-OH is 1. The van der Waals surface area contributed by atoms with E-state index in [-0.39, 0.29) is 6.61 Å². The lowest BCUT2D eigenvalue weighted by Gasteiger charge is -2.18. The molecule has 0 heterocycles. The van der Waals surface area contributed by atoms with Crippen LogP contribution in [0.4, 0.5) is 0 Å². The second kappa shape index (κ2) is 8.06. The second-order valence-electron chi connectivity index (χ2n) is 3.89. The van der Waals surface area contributed by atoms with E-state index in [1.807, 2.05) is 25.2 Å². The maximum absolute atomic E-state index is 8.58. The highest BCUT2D eigenvalue weighted by Gasteiger charge is 2.05. The molecule has 0 unspecified atom stereocenters. The Balaban J connectivity index is 2.36. The molecule has 0 saturated carbocycles. The standard InChI is InChI=1S/C13H21NO3/c1-14(7-9-17-10-8-15)11-12-5-3-4-6-13(12)16-2/h3-6,15H,7-11H2,1-2H3. The van der Waals surface area contributed by atoms with Crippen molar-refractivity contribution in [2.45, 2.75) is 6.54 Å². The lowest BCUT2D eigenvalue weighted by Crippen LogP contribution is -2.23. The van der Waals surface area contributed by atoms with Gasteiger partial charge in [0, 0.05) is 18.7 Å². The molecule has 1 N–H and O–H groups in total. The Morgan fingerprint density at radius 2 is 2.00 bits per heavy atom. The molecule has 0 radical (unpaired) electrons. The van der Waals surface area contributed by atoms with E-state index in [4.69, 9.17) is 14.6 Å². The van der Waals surface area contributed by atoms with Gasteiger partial charge in [-0.3, -0.25) is 4.90 Å². The van der Waals surface area contributed by atoms with E-state index < -0.39 is 0 Å². The number of hydrogen-bond acceptors (Lipinski definition) is 4. The minimum atomic E-state index is 0.0796. The van der Waals surface area contributed by atoms with Crippen LogP contribution in [0.2, 0.25) is 0 Å². The Hall–Kier alpha value is -1.10. The highest BCUT2D eigenvalue weighted by molar-refractivity contribution is 5.32. The molecule has 0 saturated heterocycles. The SMILES string of the molecule is COc1ccccc1CN(C)CCOCCO. The Morgan fingerprint density at radius 3 is 2.71 bits per heavy atom. The van der Waals surface area contributed by atoms with Crippen LogP contribution in [0, 0.1) is 0 Å². The summed E-state index contributed by atoms with van der Waals surface area (Å²) >= 11 is 0. The van der Waals surface area contributed by atoms with Crippen LogP contribution in [-0.4, -0.2) is 50.5 Å². The van der Waals surface area contributed by atoms with Gasteiger partial charge in [0.25, 0.3) is 0 Å². The normalized spacial score (nSPS) is 10.8. The maximum Gasteiger partial charge on any atom is 0.123 e. The molecule has 17 heavy (non-hydrogen) atoms. The fourth-order valence-corrected chi connectivity index (χ4v) is 1.59. The molecule has 0 aliphatic heterocycles. The van der Waals surface area contributed by atoms with Crippen molar-refractivity contribution in [2.24, 2.45) is 0 Å². The molecule has 0 fully saturated rings. The molecule has 0 aliphatic rings. The van der Waals surface area contributed by atoms with Crippen LogP contribution < -0.4 is 4.74 Å². The van der Waals surface area contributed by atoms with Crippen LogP contribution in [0.25, 0.3) is 0 Å². The molecule has 0 aromatic heterocycles. The fourth-order valence-electron chi connectivity index (χ4n) is 1.59. The number of methoxy groups -OCH3 is 1. The molecule has 0 spiro atoms. The highest BCUT2D eigenvalue weighted by Crippen LogP contribution is 2.18. The molecule has 0 atom stereocenters. The Bertz CT molecular complexity index is 317. The molecule has 4 heteroatoms. The first-order valence-electron chi connectivity index (χ1n) is 5.77. The lowest BCUT2D eigenvalue weighted by atomic mass is 10.2. The van der Waals surface area contributed by atoms with Crippen molar-refractivity contribution < 1.29 is 14.6 Å². The van der Waals surface area contributed by atoms with Gasteiger partial charge in [-0.2, -0.15) is 0 Å².